The molecule has 1 heterocycles. The zero-order valence-electron chi connectivity index (χ0n) is 6.15. The van der Waals surface area contributed by atoms with Crippen LogP contribution in [-0.2, 0) is 10.4 Å². The number of hydrogen-bond acceptors (Lipinski definition) is 5. The highest BCUT2D eigenvalue weighted by molar-refractivity contribution is 7.82. The Morgan fingerprint density at radius 2 is 2.00 bits per heavy atom. The summed E-state index contributed by atoms with van der Waals surface area (Å²) in [6.45, 7) is 0. The van der Waals surface area contributed by atoms with E-state index in [2.05, 4.69) is 8.37 Å². The first-order chi connectivity index (χ1) is 5.99. The monoisotopic (exact) mass is 221 g/mol. The predicted molar refractivity (Wildman–Crippen MR) is 46.0 cm³/mol. The lowest BCUT2D eigenvalue weighted by Gasteiger charge is -2.17. The molecule has 0 aromatic heterocycles. The van der Waals surface area contributed by atoms with Crippen molar-refractivity contribution >= 4 is 27.7 Å². The summed E-state index contributed by atoms with van der Waals surface area (Å²) in [5, 5.41) is 0.0647. The van der Waals surface area contributed by atoms with Gasteiger partial charge in [0.25, 0.3) is 0 Å². The number of anilines is 1. The molecule has 0 unspecified atom stereocenters. The summed E-state index contributed by atoms with van der Waals surface area (Å²) in [7, 11) is -4.04. The molecule has 0 amide bonds. The van der Waals surface area contributed by atoms with Crippen LogP contribution in [0, 0.1) is 0 Å². The number of nitrogens with two attached hydrogens (primary N) is 1. The number of halogens is 1. The number of fused-ring (bicyclic) bond motifs is 2. The first-order valence-electron chi connectivity index (χ1n) is 3.21. The largest absolute Gasteiger partial charge is 0.501 e. The molecule has 1 aromatic carbocycles. The van der Waals surface area contributed by atoms with Crippen LogP contribution in [0.1, 0.15) is 0 Å². The zero-order valence-corrected chi connectivity index (χ0v) is 7.72. The molecule has 70 valence electrons. The van der Waals surface area contributed by atoms with Crippen LogP contribution in [0.5, 0.6) is 11.5 Å². The molecule has 2 N–H and O–H groups in total. The van der Waals surface area contributed by atoms with E-state index < -0.39 is 10.4 Å². The Labute approximate surface area is 79.3 Å². The number of benzene rings is 1. The lowest BCUT2D eigenvalue weighted by molar-refractivity contribution is 0.379. The molecule has 13 heavy (non-hydrogen) atoms. The van der Waals surface area contributed by atoms with Crippen molar-refractivity contribution < 1.29 is 16.8 Å². The van der Waals surface area contributed by atoms with E-state index in [1.807, 2.05) is 0 Å². The molecule has 0 saturated carbocycles. The van der Waals surface area contributed by atoms with Crippen molar-refractivity contribution in [3.8, 4) is 11.5 Å². The first kappa shape index (κ1) is 8.46. The molecule has 1 aromatic rings. The first-order valence-corrected chi connectivity index (χ1v) is 4.92. The fourth-order valence-electron chi connectivity index (χ4n) is 0.931. The Hall–Kier alpha value is -1.14. The van der Waals surface area contributed by atoms with Crippen molar-refractivity contribution in [1.82, 2.24) is 0 Å². The minimum atomic E-state index is -4.04. The predicted octanol–water partition coefficient (Wildman–Crippen LogP) is 0.938. The Bertz CT molecular complexity index is 470. The summed E-state index contributed by atoms with van der Waals surface area (Å²) in [4.78, 5) is 0. The van der Waals surface area contributed by atoms with Crippen LogP contribution in [0.2, 0.25) is 5.02 Å². The average Bonchev–Trinajstić information content (AvgIpc) is 2.02. The summed E-state index contributed by atoms with van der Waals surface area (Å²) < 4.78 is 30.6. The van der Waals surface area contributed by atoms with Gasteiger partial charge in [-0.25, -0.2) is 0 Å². The van der Waals surface area contributed by atoms with Gasteiger partial charge in [-0.2, -0.15) is 0 Å². The van der Waals surface area contributed by atoms with Gasteiger partial charge in [0, 0.05) is 0 Å². The number of nitrogen functional groups attached to an aromatic ring is 1. The fourth-order valence-corrected chi connectivity index (χ4v) is 2.05. The van der Waals surface area contributed by atoms with Crippen molar-refractivity contribution in [3.05, 3.63) is 17.2 Å². The summed E-state index contributed by atoms with van der Waals surface area (Å²) in [6.07, 6.45) is 0. The third-order valence-corrected chi connectivity index (χ3v) is 2.58. The smallest absolute Gasteiger partial charge is 0.396 e. The van der Waals surface area contributed by atoms with Crippen LogP contribution in [0.15, 0.2) is 12.1 Å². The van der Waals surface area contributed by atoms with E-state index in [-0.39, 0.29) is 22.2 Å². The van der Waals surface area contributed by atoms with Gasteiger partial charge in [-0.1, -0.05) is 11.6 Å². The standard InChI is InChI=1S/C6H4ClNO4S/c7-5-4-2-1-3(8)6(5)12-13(9,10)11-4/h1-2H,8H2. The van der Waals surface area contributed by atoms with Gasteiger partial charge in [0.2, 0.25) is 0 Å². The number of hydrogen-bond donors (Lipinski definition) is 1. The van der Waals surface area contributed by atoms with E-state index in [1.165, 1.54) is 12.1 Å². The molecule has 0 spiro atoms. The lowest BCUT2D eigenvalue weighted by Crippen LogP contribution is -2.21. The van der Waals surface area contributed by atoms with Crippen LogP contribution >= 0.6 is 11.6 Å². The fraction of sp³-hybridized carbons (Fsp3) is 0. The maximum absolute atomic E-state index is 10.9. The lowest BCUT2D eigenvalue weighted by atomic mass is 10.3. The zero-order chi connectivity index (χ0) is 9.64. The second-order valence-corrected chi connectivity index (χ2v) is 3.90. The maximum Gasteiger partial charge on any atom is 0.501 e. The molecule has 0 aliphatic carbocycles. The highest BCUT2D eigenvalue weighted by Crippen LogP contribution is 2.43. The van der Waals surface area contributed by atoms with Gasteiger partial charge < -0.3 is 14.1 Å². The van der Waals surface area contributed by atoms with Crippen LogP contribution in [0.25, 0.3) is 0 Å². The Kier molecular flexibility index (Phi) is 1.58. The van der Waals surface area contributed by atoms with Crippen molar-refractivity contribution in [3.63, 3.8) is 0 Å². The summed E-state index contributed by atoms with van der Waals surface area (Å²) >= 11 is 5.68. The van der Waals surface area contributed by atoms with Gasteiger partial charge >= 0.3 is 10.4 Å². The second kappa shape index (κ2) is 2.43. The van der Waals surface area contributed by atoms with E-state index in [0.717, 1.165) is 0 Å². The maximum atomic E-state index is 10.9. The van der Waals surface area contributed by atoms with E-state index >= 15 is 0 Å². The number of rotatable bonds is 0. The van der Waals surface area contributed by atoms with Crippen LogP contribution < -0.4 is 14.1 Å². The summed E-state index contributed by atoms with van der Waals surface area (Å²) in [5.41, 5.74) is 5.58. The Balaban J connectivity index is 2.72. The molecule has 2 rings (SSSR count). The molecule has 2 bridgehead atoms. The average molecular weight is 222 g/mol. The Morgan fingerprint density at radius 3 is 2.69 bits per heavy atom. The van der Waals surface area contributed by atoms with Crippen molar-refractivity contribution in [1.29, 1.82) is 0 Å². The SMILES string of the molecule is Nc1ccc2c(Cl)c1OS(=O)(=O)O2. The normalized spacial score (nSPS) is 17.3. The summed E-state index contributed by atoms with van der Waals surface area (Å²) in [6, 6.07) is 2.81. The molecule has 0 radical (unpaired) electrons. The van der Waals surface area contributed by atoms with Gasteiger partial charge in [-0.05, 0) is 12.1 Å². The van der Waals surface area contributed by atoms with Crippen molar-refractivity contribution in [2.75, 3.05) is 5.73 Å². The second-order valence-electron chi connectivity index (χ2n) is 2.37. The topological polar surface area (TPSA) is 78.6 Å². The minimum absolute atomic E-state index is 0.0251. The molecule has 7 heteroatoms. The molecule has 5 nitrogen and oxygen atoms in total. The molecular formula is C6H4ClNO4S. The van der Waals surface area contributed by atoms with Crippen LogP contribution in [0.3, 0.4) is 0 Å². The summed E-state index contributed by atoms with van der Waals surface area (Å²) in [5.74, 6) is -0.0532. The molecule has 1 aliphatic heterocycles. The van der Waals surface area contributed by atoms with Crippen LogP contribution in [0.4, 0.5) is 5.69 Å². The highest BCUT2D eigenvalue weighted by Gasteiger charge is 2.28. The van der Waals surface area contributed by atoms with E-state index in [0.29, 0.717) is 0 Å². The Morgan fingerprint density at radius 1 is 1.31 bits per heavy atom. The molecule has 0 atom stereocenters. The van der Waals surface area contributed by atoms with Gasteiger partial charge in [0.05, 0.1) is 5.69 Å². The quantitative estimate of drug-likeness (QED) is 0.660. The van der Waals surface area contributed by atoms with Gasteiger partial charge in [-0.3, -0.25) is 0 Å². The molecular weight excluding hydrogens is 218 g/mol. The molecule has 1 aliphatic rings. The van der Waals surface area contributed by atoms with Gasteiger partial charge in [0.15, 0.2) is 11.5 Å². The molecule has 0 fully saturated rings. The van der Waals surface area contributed by atoms with E-state index in [1.54, 1.807) is 0 Å². The highest BCUT2D eigenvalue weighted by atomic mass is 35.5. The van der Waals surface area contributed by atoms with Gasteiger partial charge in [-0.15, -0.1) is 8.42 Å². The van der Waals surface area contributed by atoms with E-state index in [4.69, 9.17) is 17.3 Å². The molecule has 0 saturated heterocycles. The minimum Gasteiger partial charge on any atom is -0.396 e. The third kappa shape index (κ3) is 1.27. The van der Waals surface area contributed by atoms with Crippen molar-refractivity contribution in [2.24, 2.45) is 0 Å². The van der Waals surface area contributed by atoms with Crippen molar-refractivity contribution in [2.45, 2.75) is 0 Å². The third-order valence-electron chi connectivity index (χ3n) is 1.47. The van der Waals surface area contributed by atoms with Gasteiger partial charge in [0.1, 0.15) is 5.02 Å². The van der Waals surface area contributed by atoms with E-state index in [9.17, 15) is 8.42 Å². The van der Waals surface area contributed by atoms with Crippen LogP contribution in [-0.4, -0.2) is 8.42 Å².